The SMILES string of the molecule is CCc1ccc(CNCCc2nccn2C)o1. The van der Waals surface area contributed by atoms with Crippen LogP contribution in [0.15, 0.2) is 28.9 Å². The van der Waals surface area contributed by atoms with Crippen LogP contribution in [0, 0.1) is 0 Å². The van der Waals surface area contributed by atoms with Gasteiger partial charge in [0, 0.05) is 38.8 Å². The van der Waals surface area contributed by atoms with Crippen LogP contribution in [0.1, 0.15) is 24.3 Å². The van der Waals surface area contributed by atoms with Crippen LogP contribution in [-0.2, 0) is 26.4 Å². The van der Waals surface area contributed by atoms with Crippen molar-refractivity contribution in [3.8, 4) is 0 Å². The molecule has 0 aromatic carbocycles. The number of hydrogen-bond donors (Lipinski definition) is 1. The molecule has 2 aromatic rings. The zero-order valence-corrected chi connectivity index (χ0v) is 10.4. The van der Waals surface area contributed by atoms with Crippen LogP contribution in [0.4, 0.5) is 0 Å². The molecule has 1 N–H and O–H groups in total. The van der Waals surface area contributed by atoms with Gasteiger partial charge in [-0.1, -0.05) is 6.92 Å². The molecule has 0 aliphatic rings. The Balaban J connectivity index is 1.71. The molecule has 2 heterocycles. The van der Waals surface area contributed by atoms with Gasteiger partial charge in [0.15, 0.2) is 0 Å². The van der Waals surface area contributed by atoms with E-state index in [4.69, 9.17) is 4.42 Å². The van der Waals surface area contributed by atoms with Crippen LogP contribution < -0.4 is 5.32 Å². The Morgan fingerprint density at radius 3 is 2.82 bits per heavy atom. The highest BCUT2D eigenvalue weighted by Crippen LogP contribution is 2.07. The van der Waals surface area contributed by atoms with E-state index < -0.39 is 0 Å². The first-order chi connectivity index (χ1) is 8.29. The maximum Gasteiger partial charge on any atom is 0.117 e. The Morgan fingerprint density at radius 1 is 1.35 bits per heavy atom. The predicted octanol–water partition coefficient (Wildman–Crippen LogP) is 1.91. The minimum atomic E-state index is 0.782. The molecule has 0 aliphatic carbocycles. The average molecular weight is 233 g/mol. The van der Waals surface area contributed by atoms with Crippen LogP contribution in [-0.4, -0.2) is 16.1 Å². The van der Waals surface area contributed by atoms with E-state index in [0.717, 1.165) is 43.3 Å². The minimum absolute atomic E-state index is 0.782. The second kappa shape index (κ2) is 5.68. The molecule has 0 aliphatic heterocycles. The quantitative estimate of drug-likeness (QED) is 0.775. The minimum Gasteiger partial charge on any atom is -0.465 e. The summed E-state index contributed by atoms with van der Waals surface area (Å²) >= 11 is 0. The van der Waals surface area contributed by atoms with E-state index in [-0.39, 0.29) is 0 Å². The highest BCUT2D eigenvalue weighted by molar-refractivity contribution is 5.06. The summed E-state index contributed by atoms with van der Waals surface area (Å²) < 4.78 is 7.66. The van der Waals surface area contributed by atoms with E-state index in [2.05, 4.69) is 17.2 Å². The molecule has 2 rings (SSSR count). The highest BCUT2D eigenvalue weighted by Gasteiger charge is 2.01. The average Bonchev–Trinajstić information content (AvgIpc) is 2.94. The summed E-state index contributed by atoms with van der Waals surface area (Å²) in [4.78, 5) is 4.28. The summed E-state index contributed by atoms with van der Waals surface area (Å²) in [5.74, 6) is 3.15. The van der Waals surface area contributed by atoms with Crippen LogP contribution in [0.25, 0.3) is 0 Å². The van der Waals surface area contributed by atoms with Gasteiger partial charge in [0.05, 0.1) is 6.54 Å². The second-order valence-electron chi connectivity index (χ2n) is 4.10. The lowest BCUT2D eigenvalue weighted by molar-refractivity contribution is 0.450. The molecule has 2 aromatic heterocycles. The summed E-state index contributed by atoms with van der Waals surface area (Å²) in [6, 6.07) is 4.07. The molecule has 0 spiro atoms. The number of hydrogen-bond acceptors (Lipinski definition) is 3. The fourth-order valence-corrected chi connectivity index (χ4v) is 1.76. The Labute approximate surface area is 102 Å². The fraction of sp³-hybridized carbons (Fsp3) is 0.462. The third kappa shape index (κ3) is 3.20. The number of aryl methyl sites for hydroxylation is 2. The van der Waals surface area contributed by atoms with E-state index in [1.807, 2.05) is 36.1 Å². The molecule has 0 amide bonds. The van der Waals surface area contributed by atoms with Crippen molar-refractivity contribution in [2.24, 2.45) is 7.05 Å². The van der Waals surface area contributed by atoms with Gasteiger partial charge < -0.3 is 14.3 Å². The van der Waals surface area contributed by atoms with Crippen LogP contribution in [0.3, 0.4) is 0 Å². The molecule has 0 atom stereocenters. The number of nitrogens with zero attached hydrogens (tertiary/aromatic N) is 2. The molecule has 0 saturated carbocycles. The van der Waals surface area contributed by atoms with Gasteiger partial charge in [0.1, 0.15) is 17.3 Å². The molecular weight excluding hydrogens is 214 g/mol. The molecule has 4 heteroatoms. The largest absolute Gasteiger partial charge is 0.465 e. The number of imidazole rings is 1. The van der Waals surface area contributed by atoms with Crippen molar-refractivity contribution >= 4 is 0 Å². The zero-order valence-electron chi connectivity index (χ0n) is 10.4. The van der Waals surface area contributed by atoms with Crippen molar-refractivity contribution in [1.82, 2.24) is 14.9 Å². The summed E-state index contributed by atoms with van der Waals surface area (Å²) in [5.41, 5.74) is 0. The summed E-state index contributed by atoms with van der Waals surface area (Å²) in [7, 11) is 2.02. The lowest BCUT2D eigenvalue weighted by Crippen LogP contribution is -2.17. The highest BCUT2D eigenvalue weighted by atomic mass is 16.3. The van der Waals surface area contributed by atoms with Gasteiger partial charge in [-0.15, -0.1) is 0 Å². The van der Waals surface area contributed by atoms with Crippen molar-refractivity contribution in [2.75, 3.05) is 6.54 Å². The van der Waals surface area contributed by atoms with Crippen molar-refractivity contribution < 1.29 is 4.42 Å². The van der Waals surface area contributed by atoms with Gasteiger partial charge in [0.25, 0.3) is 0 Å². The van der Waals surface area contributed by atoms with Gasteiger partial charge in [-0.3, -0.25) is 0 Å². The third-order valence-corrected chi connectivity index (χ3v) is 2.81. The van der Waals surface area contributed by atoms with E-state index in [1.54, 1.807) is 0 Å². The summed E-state index contributed by atoms with van der Waals surface area (Å²) in [5, 5.41) is 3.36. The molecule has 92 valence electrons. The van der Waals surface area contributed by atoms with E-state index in [1.165, 1.54) is 0 Å². The number of nitrogens with one attached hydrogen (secondary N) is 1. The second-order valence-corrected chi connectivity index (χ2v) is 4.10. The molecular formula is C13H19N3O. The Kier molecular flexibility index (Phi) is 3.98. The van der Waals surface area contributed by atoms with Crippen LogP contribution >= 0.6 is 0 Å². The first-order valence-electron chi connectivity index (χ1n) is 6.04. The van der Waals surface area contributed by atoms with Crippen molar-refractivity contribution in [3.63, 3.8) is 0 Å². The predicted molar refractivity (Wildman–Crippen MR) is 66.7 cm³/mol. The number of aromatic nitrogens is 2. The lowest BCUT2D eigenvalue weighted by Gasteiger charge is -2.03. The fourth-order valence-electron chi connectivity index (χ4n) is 1.76. The van der Waals surface area contributed by atoms with Gasteiger partial charge in [-0.05, 0) is 12.1 Å². The normalized spacial score (nSPS) is 10.9. The van der Waals surface area contributed by atoms with Gasteiger partial charge in [0.2, 0.25) is 0 Å². The molecule has 0 radical (unpaired) electrons. The monoisotopic (exact) mass is 233 g/mol. The first-order valence-corrected chi connectivity index (χ1v) is 6.04. The summed E-state index contributed by atoms with van der Waals surface area (Å²) in [6.07, 6.45) is 5.68. The number of rotatable bonds is 6. The topological polar surface area (TPSA) is 43.0 Å². The molecule has 17 heavy (non-hydrogen) atoms. The molecule has 0 unspecified atom stereocenters. The maximum absolute atomic E-state index is 5.61. The van der Waals surface area contributed by atoms with Crippen LogP contribution in [0.5, 0.6) is 0 Å². The van der Waals surface area contributed by atoms with Crippen LogP contribution in [0.2, 0.25) is 0 Å². The van der Waals surface area contributed by atoms with Crippen molar-refractivity contribution in [2.45, 2.75) is 26.3 Å². The molecule has 0 saturated heterocycles. The molecule has 4 nitrogen and oxygen atoms in total. The zero-order chi connectivity index (χ0) is 12.1. The third-order valence-electron chi connectivity index (χ3n) is 2.81. The standard InChI is InChI=1S/C13H19N3O/c1-3-11-4-5-12(17-11)10-14-7-6-13-15-8-9-16(13)2/h4-5,8-9,14H,3,6-7,10H2,1-2H3. The lowest BCUT2D eigenvalue weighted by atomic mass is 10.3. The molecule has 0 bridgehead atoms. The summed E-state index contributed by atoms with van der Waals surface area (Å²) in [6.45, 7) is 3.79. The van der Waals surface area contributed by atoms with E-state index in [9.17, 15) is 0 Å². The van der Waals surface area contributed by atoms with Gasteiger partial charge >= 0.3 is 0 Å². The van der Waals surface area contributed by atoms with E-state index in [0.29, 0.717) is 0 Å². The van der Waals surface area contributed by atoms with Gasteiger partial charge in [-0.2, -0.15) is 0 Å². The van der Waals surface area contributed by atoms with Crippen molar-refractivity contribution in [3.05, 3.63) is 41.9 Å². The van der Waals surface area contributed by atoms with Crippen molar-refractivity contribution in [1.29, 1.82) is 0 Å². The molecule has 0 fully saturated rings. The number of furan rings is 1. The smallest absolute Gasteiger partial charge is 0.117 e. The Bertz CT molecular complexity index is 459. The maximum atomic E-state index is 5.61. The Hall–Kier alpha value is -1.55. The first kappa shape index (κ1) is 11.9. The van der Waals surface area contributed by atoms with E-state index >= 15 is 0 Å². The van der Waals surface area contributed by atoms with Gasteiger partial charge in [-0.25, -0.2) is 4.98 Å². The Morgan fingerprint density at radius 2 is 2.18 bits per heavy atom.